The zero-order valence-electron chi connectivity index (χ0n) is 23.8. The second kappa shape index (κ2) is 8.61. The number of allylic oxidation sites excluding steroid dienone is 2. The van der Waals surface area contributed by atoms with Gasteiger partial charge in [0.1, 0.15) is 5.76 Å². The summed E-state index contributed by atoms with van der Waals surface area (Å²) in [6.45, 7) is 23.3. The van der Waals surface area contributed by atoms with E-state index in [1.165, 1.54) is 62.5 Å². The number of nitrogens with zero attached hydrogens (tertiary/aromatic N) is 2. The summed E-state index contributed by atoms with van der Waals surface area (Å²) in [7, 11) is 0. The summed E-state index contributed by atoms with van der Waals surface area (Å²) in [5.41, 5.74) is 3.44. The Morgan fingerprint density at radius 1 is 1.03 bits per heavy atom. The summed E-state index contributed by atoms with van der Waals surface area (Å²) in [4.78, 5) is 4.88. The maximum Gasteiger partial charge on any atom is 0.200 e. The van der Waals surface area contributed by atoms with Gasteiger partial charge in [-0.15, -0.1) is 0 Å². The lowest BCUT2D eigenvalue weighted by atomic mass is 9.34. The van der Waals surface area contributed by atoms with Crippen molar-refractivity contribution in [3.05, 3.63) is 42.2 Å². The van der Waals surface area contributed by atoms with Gasteiger partial charge >= 0.3 is 0 Å². The fraction of sp³-hybridized carbons (Fsp3) is 0.758. The van der Waals surface area contributed by atoms with E-state index in [-0.39, 0.29) is 21.7 Å². The van der Waals surface area contributed by atoms with Crippen LogP contribution in [0, 0.1) is 64.1 Å². The van der Waals surface area contributed by atoms with Crippen molar-refractivity contribution < 1.29 is 4.42 Å². The molecule has 0 aliphatic heterocycles. The third-order valence-corrected chi connectivity index (χ3v) is 12.8. The van der Waals surface area contributed by atoms with Crippen molar-refractivity contribution in [1.29, 1.82) is 5.26 Å². The summed E-state index contributed by atoms with van der Waals surface area (Å²) in [5.74, 6) is 4.88. The molecule has 196 valence electrons. The molecule has 4 aliphatic carbocycles. The highest BCUT2D eigenvalue weighted by atomic mass is 16.4. The van der Waals surface area contributed by atoms with E-state index in [0.29, 0.717) is 36.0 Å². The van der Waals surface area contributed by atoms with E-state index in [2.05, 4.69) is 53.8 Å². The Hall–Kier alpha value is -1.82. The highest BCUT2D eigenvalue weighted by Gasteiger charge is 2.70. The van der Waals surface area contributed by atoms with Crippen molar-refractivity contribution in [2.45, 2.75) is 111 Å². The van der Waals surface area contributed by atoms with Gasteiger partial charge in [0.2, 0.25) is 5.89 Å². The van der Waals surface area contributed by atoms with Gasteiger partial charge in [0.25, 0.3) is 0 Å². The largest absolute Gasteiger partial charge is 0.445 e. The summed E-state index contributed by atoms with van der Waals surface area (Å²) >= 11 is 0. The van der Waals surface area contributed by atoms with Gasteiger partial charge in [-0.25, -0.2) is 4.98 Å². The van der Waals surface area contributed by atoms with Crippen molar-refractivity contribution in [1.82, 2.24) is 4.98 Å². The predicted molar refractivity (Wildman–Crippen MR) is 146 cm³/mol. The first-order valence-corrected chi connectivity index (χ1v) is 14.6. The van der Waals surface area contributed by atoms with Crippen LogP contribution in [0.15, 0.2) is 34.9 Å². The molecule has 5 rings (SSSR count). The number of hydrogen-bond donors (Lipinski definition) is 0. The van der Waals surface area contributed by atoms with Crippen LogP contribution in [0.5, 0.6) is 0 Å². The third kappa shape index (κ3) is 3.31. The molecule has 9 atom stereocenters. The highest BCUT2D eigenvalue weighted by Crippen LogP contribution is 2.76. The lowest BCUT2D eigenvalue weighted by molar-refractivity contribution is -0.208. The molecule has 3 heteroatoms. The third-order valence-electron chi connectivity index (χ3n) is 12.8. The molecule has 0 bridgehead atoms. The quantitative estimate of drug-likeness (QED) is 0.389. The van der Waals surface area contributed by atoms with Crippen molar-refractivity contribution in [3.63, 3.8) is 0 Å². The topological polar surface area (TPSA) is 49.8 Å². The van der Waals surface area contributed by atoms with Crippen molar-refractivity contribution >= 4 is 0 Å². The zero-order chi connectivity index (χ0) is 26.1. The van der Waals surface area contributed by atoms with Crippen molar-refractivity contribution in [3.8, 4) is 6.07 Å². The van der Waals surface area contributed by atoms with Gasteiger partial charge in [-0.3, -0.25) is 0 Å². The molecule has 4 aliphatic rings. The van der Waals surface area contributed by atoms with Crippen molar-refractivity contribution in [2.24, 2.45) is 45.8 Å². The molecule has 4 saturated carbocycles. The van der Waals surface area contributed by atoms with Gasteiger partial charge in [0, 0.05) is 6.42 Å². The Labute approximate surface area is 219 Å². The molecule has 3 nitrogen and oxygen atoms in total. The van der Waals surface area contributed by atoms with Crippen LogP contribution >= 0.6 is 0 Å². The monoisotopic (exact) mass is 488 g/mol. The van der Waals surface area contributed by atoms with Crippen LogP contribution in [0.1, 0.15) is 110 Å². The first-order chi connectivity index (χ1) is 16.9. The molecule has 4 fully saturated rings. The molecule has 0 unspecified atom stereocenters. The first-order valence-electron chi connectivity index (χ1n) is 14.6. The lowest BCUT2D eigenvalue weighted by Gasteiger charge is -2.70. The Morgan fingerprint density at radius 3 is 2.39 bits per heavy atom. The summed E-state index contributed by atoms with van der Waals surface area (Å²) in [6, 6.07) is 2.49. The van der Waals surface area contributed by atoms with E-state index in [1.54, 1.807) is 0 Å². The molecule has 0 amide bonds. The van der Waals surface area contributed by atoms with Crippen molar-refractivity contribution in [2.75, 3.05) is 0 Å². The average Bonchev–Trinajstić information content (AvgIpc) is 3.43. The fourth-order valence-electron chi connectivity index (χ4n) is 10.9. The second-order valence-corrected chi connectivity index (χ2v) is 14.1. The molecular weight excluding hydrogens is 440 g/mol. The minimum absolute atomic E-state index is 0.0598. The molecule has 1 aromatic heterocycles. The van der Waals surface area contributed by atoms with E-state index < -0.39 is 0 Å². The number of aryl methyl sites for hydroxylation is 1. The van der Waals surface area contributed by atoms with Gasteiger partial charge in [0.05, 0.1) is 17.7 Å². The number of rotatable bonds is 5. The Morgan fingerprint density at radius 2 is 1.78 bits per heavy atom. The van der Waals surface area contributed by atoms with Gasteiger partial charge in [-0.1, -0.05) is 45.1 Å². The standard InChI is InChI=1S/C33H48N2O/c1-21(2)24-12-16-33(29-35-20-23(5)36-29)18-17-31(7)26(28(24)33)10-11-27-30(6,14-9-19-34)25(22(3)4)13-15-32(27,31)8/h20,24-28H,1,3,9-18H2,2,4-8H3/t24-,25-,26+,27+,28+,30-,31+,32+,33-/m0/s1. The van der Waals surface area contributed by atoms with Gasteiger partial charge in [0.15, 0.2) is 0 Å². The molecule has 0 N–H and O–H groups in total. The maximum absolute atomic E-state index is 9.56. The first kappa shape index (κ1) is 25.8. The SMILES string of the molecule is C=C(C)[C@@H]1CC[C@]2(c3ncc(C)o3)CC[C@]3(C)[C@H](CC[C@@H]4[C@@](C)(CCC#N)[C@H](C(=C)C)CC[C@]43C)[C@@H]12. The summed E-state index contributed by atoms with van der Waals surface area (Å²) in [5, 5.41) is 9.56. The zero-order valence-corrected chi connectivity index (χ0v) is 23.8. The van der Waals surface area contributed by atoms with Crippen LogP contribution < -0.4 is 0 Å². The molecular formula is C33H48N2O. The maximum atomic E-state index is 9.56. The van der Waals surface area contributed by atoms with Crippen LogP contribution in [0.4, 0.5) is 0 Å². The lowest BCUT2D eigenvalue weighted by Crippen LogP contribution is -2.64. The van der Waals surface area contributed by atoms with Crippen LogP contribution in [-0.2, 0) is 5.41 Å². The summed E-state index contributed by atoms with van der Waals surface area (Å²) in [6.07, 6.45) is 13.4. The minimum atomic E-state index is 0.0598. The van der Waals surface area contributed by atoms with E-state index in [1.807, 2.05) is 13.1 Å². The molecule has 0 saturated heterocycles. The molecule has 0 spiro atoms. The molecule has 1 heterocycles. The van der Waals surface area contributed by atoms with E-state index in [9.17, 15) is 5.26 Å². The molecule has 0 radical (unpaired) electrons. The molecule has 0 aromatic carbocycles. The molecule has 1 aromatic rings. The number of fused-ring (bicyclic) bond motifs is 5. The normalized spacial score (nSPS) is 45.8. The fourth-order valence-corrected chi connectivity index (χ4v) is 10.9. The Balaban J connectivity index is 1.59. The minimum Gasteiger partial charge on any atom is -0.445 e. The average molecular weight is 489 g/mol. The van der Waals surface area contributed by atoms with Crippen LogP contribution in [0.3, 0.4) is 0 Å². The Kier molecular flexibility index (Phi) is 6.17. The van der Waals surface area contributed by atoms with Crippen LogP contribution in [-0.4, -0.2) is 4.98 Å². The van der Waals surface area contributed by atoms with Gasteiger partial charge in [-0.2, -0.15) is 5.26 Å². The molecule has 36 heavy (non-hydrogen) atoms. The second-order valence-electron chi connectivity index (χ2n) is 14.1. The summed E-state index contributed by atoms with van der Waals surface area (Å²) < 4.78 is 6.34. The Bertz CT molecular complexity index is 1090. The van der Waals surface area contributed by atoms with E-state index in [4.69, 9.17) is 9.40 Å². The number of oxazole rings is 1. The smallest absolute Gasteiger partial charge is 0.200 e. The van der Waals surface area contributed by atoms with Crippen LogP contribution in [0.2, 0.25) is 0 Å². The number of nitriles is 1. The number of aromatic nitrogens is 1. The van der Waals surface area contributed by atoms with Gasteiger partial charge < -0.3 is 4.42 Å². The van der Waals surface area contributed by atoms with E-state index >= 15 is 0 Å². The predicted octanol–water partition coefficient (Wildman–Crippen LogP) is 8.95. The van der Waals surface area contributed by atoms with Crippen LogP contribution in [0.25, 0.3) is 0 Å². The van der Waals surface area contributed by atoms with Gasteiger partial charge in [-0.05, 0) is 124 Å². The van der Waals surface area contributed by atoms with E-state index in [0.717, 1.165) is 18.1 Å². The number of hydrogen-bond acceptors (Lipinski definition) is 3. The highest BCUT2D eigenvalue weighted by molar-refractivity contribution is 5.27.